The van der Waals surface area contributed by atoms with Crippen LogP contribution in [-0.2, 0) is 14.4 Å². The lowest BCUT2D eigenvalue weighted by molar-refractivity contribution is -0.140. The Labute approximate surface area is 178 Å². The molecule has 3 heterocycles. The molecule has 0 aromatic heterocycles. The van der Waals surface area contributed by atoms with Crippen molar-refractivity contribution in [2.24, 2.45) is 11.8 Å². The first-order chi connectivity index (χ1) is 13.3. The van der Waals surface area contributed by atoms with E-state index in [1.807, 2.05) is 13.8 Å². The van der Waals surface area contributed by atoms with E-state index in [1.165, 1.54) is 0 Å². The number of nitrogens with one attached hydrogen (secondary N) is 2. The molecule has 0 aromatic carbocycles. The number of rotatable bonds is 8. The molecule has 3 aliphatic rings. The van der Waals surface area contributed by atoms with Crippen LogP contribution in [-0.4, -0.2) is 74.8 Å². The zero-order chi connectivity index (χ0) is 20.6. The van der Waals surface area contributed by atoms with Gasteiger partial charge < -0.3 is 20.6 Å². The first-order valence-corrected chi connectivity index (χ1v) is 11.8. The van der Waals surface area contributed by atoms with Crippen LogP contribution in [0.3, 0.4) is 0 Å². The van der Waals surface area contributed by atoms with Crippen molar-refractivity contribution in [3.8, 4) is 0 Å². The summed E-state index contributed by atoms with van der Waals surface area (Å²) in [5, 5.41) is 14.7. The Kier molecular flexibility index (Phi) is 6.66. The second-order valence-corrected chi connectivity index (χ2v) is 11.0. The van der Waals surface area contributed by atoms with Crippen LogP contribution in [0.15, 0.2) is 0 Å². The molecule has 28 heavy (non-hydrogen) atoms. The lowest BCUT2D eigenvalue weighted by Gasteiger charge is -2.35. The smallest absolute Gasteiger partial charge is 0.244 e. The summed E-state index contributed by atoms with van der Waals surface area (Å²) in [5.41, 5.74) is 0. The number of carbonyl (C=O) groups is 3. The van der Waals surface area contributed by atoms with Crippen LogP contribution in [0.2, 0.25) is 0 Å². The van der Waals surface area contributed by atoms with E-state index in [0.29, 0.717) is 19.4 Å². The normalized spacial score (nSPS) is 36.1. The average Bonchev–Trinajstić information content (AvgIpc) is 3.21. The van der Waals surface area contributed by atoms with Gasteiger partial charge in [0.25, 0.3) is 0 Å². The molecule has 9 heteroatoms. The summed E-state index contributed by atoms with van der Waals surface area (Å²) in [6.07, 6.45) is 2.92. The maximum atomic E-state index is 13.5. The molecule has 158 valence electrons. The maximum absolute atomic E-state index is 13.5. The van der Waals surface area contributed by atoms with Gasteiger partial charge in [0.15, 0.2) is 0 Å². The van der Waals surface area contributed by atoms with E-state index in [1.54, 1.807) is 23.7 Å². The summed E-state index contributed by atoms with van der Waals surface area (Å²) in [6, 6.07) is -0.585. The second kappa shape index (κ2) is 8.52. The molecule has 0 radical (unpaired) electrons. The van der Waals surface area contributed by atoms with Crippen LogP contribution >= 0.6 is 27.7 Å². The molecule has 3 unspecified atom stereocenters. The van der Waals surface area contributed by atoms with Crippen LogP contribution in [0, 0.1) is 11.8 Å². The predicted octanol–water partition coefficient (Wildman–Crippen LogP) is 0.884. The molecule has 6 atom stereocenters. The van der Waals surface area contributed by atoms with Crippen molar-refractivity contribution in [2.75, 3.05) is 20.2 Å². The second-order valence-electron chi connectivity index (χ2n) is 8.26. The number of hydrogen-bond acceptors (Lipinski definition) is 5. The molecule has 3 saturated heterocycles. The molecule has 0 saturated carbocycles. The number of fused-ring (bicyclic) bond motifs is 1. The Morgan fingerprint density at radius 1 is 1.32 bits per heavy atom. The highest BCUT2D eigenvalue weighted by Gasteiger charge is 2.75. The van der Waals surface area contributed by atoms with Gasteiger partial charge in [0.05, 0.1) is 16.6 Å². The van der Waals surface area contributed by atoms with Gasteiger partial charge in [-0.05, 0) is 39.5 Å². The van der Waals surface area contributed by atoms with Crippen LogP contribution < -0.4 is 10.6 Å². The van der Waals surface area contributed by atoms with Gasteiger partial charge >= 0.3 is 0 Å². The van der Waals surface area contributed by atoms with Crippen molar-refractivity contribution < 1.29 is 19.5 Å². The van der Waals surface area contributed by atoms with Crippen LogP contribution in [0.1, 0.15) is 39.5 Å². The minimum Gasteiger partial charge on any atom is -0.396 e. The third-order valence-corrected chi connectivity index (χ3v) is 9.29. The van der Waals surface area contributed by atoms with E-state index in [0.717, 1.165) is 12.8 Å². The molecule has 0 aromatic rings. The van der Waals surface area contributed by atoms with Crippen LogP contribution in [0.25, 0.3) is 0 Å². The van der Waals surface area contributed by atoms with E-state index < -0.39 is 22.6 Å². The summed E-state index contributed by atoms with van der Waals surface area (Å²) in [6.45, 7) is 4.43. The standard InChI is InChI=1S/C19H30BrN3O4S/c1-10(2)22-17(26)15-19-9-11(20)14(28-19)12(16(25)21-3)13(19)18(27)23(15)7-5-4-6-8-24/h10-15,24H,4-9H2,1-3H3,(H,21,25)(H,22,26)/t11?,12-,13+,14-,15?,19?/m1/s1. The van der Waals surface area contributed by atoms with Crippen molar-refractivity contribution in [2.45, 2.75) is 66.4 Å². The van der Waals surface area contributed by atoms with Gasteiger partial charge in [-0.3, -0.25) is 14.4 Å². The number of aliphatic hydroxyl groups is 1. The summed E-state index contributed by atoms with van der Waals surface area (Å²) >= 11 is 5.37. The van der Waals surface area contributed by atoms with E-state index >= 15 is 0 Å². The summed E-state index contributed by atoms with van der Waals surface area (Å²) in [5.74, 6) is -1.20. The number of alkyl halides is 1. The van der Waals surface area contributed by atoms with Gasteiger partial charge in [-0.2, -0.15) is 0 Å². The molecule has 7 nitrogen and oxygen atoms in total. The maximum Gasteiger partial charge on any atom is 0.244 e. The fourth-order valence-corrected chi connectivity index (χ4v) is 8.68. The topological polar surface area (TPSA) is 98.7 Å². The fraction of sp³-hybridized carbons (Fsp3) is 0.842. The average molecular weight is 476 g/mol. The van der Waals surface area contributed by atoms with E-state index in [-0.39, 0.29) is 40.4 Å². The third kappa shape index (κ3) is 3.47. The number of likely N-dealkylation sites (tertiary alicyclic amines) is 1. The molecule has 3 amide bonds. The van der Waals surface area contributed by atoms with Gasteiger partial charge in [0.1, 0.15) is 6.04 Å². The zero-order valence-electron chi connectivity index (χ0n) is 16.6. The van der Waals surface area contributed by atoms with Gasteiger partial charge in [-0.15, -0.1) is 11.8 Å². The quantitative estimate of drug-likeness (QED) is 0.357. The molecule has 3 N–H and O–H groups in total. The van der Waals surface area contributed by atoms with Gasteiger partial charge in [-0.1, -0.05) is 15.9 Å². The molecular formula is C19H30BrN3O4S. The molecule has 1 spiro atoms. The van der Waals surface area contributed by atoms with Crippen molar-refractivity contribution in [3.05, 3.63) is 0 Å². The summed E-state index contributed by atoms with van der Waals surface area (Å²) in [4.78, 5) is 41.1. The Bertz CT molecular complexity index is 649. The Morgan fingerprint density at radius 2 is 2.04 bits per heavy atom. The number of hydrogen-bond donors (Lipinski definition) is 3. The van der Waals surface area contributed by atoms with E-state index in [9.17, 15) is 14.4 Å². The summed E-state index contributed by atoms with van der Waals surface area (Å²) in [7, 11) is 1.60. The van der Waals surface area contributed by atoms with E-state index in [2.05, 4.69) is 26.6 Å². The largest absolute Gasteiger partial charge is 0.396 e. The highest BCUT2D eigenvalue weighted by atomic mass is 79.9. The number of aliphatic hydroxyl groups excluding tert-OH is 1. The number of thioether (sulfide) groups is 1. The zero-order valence-corrected chi connectivity index (χ0v) is 19.0. The summed E-state index contributed by atoms with van der Waals surface area (Å²) < 4.78 is -0.566. The van der Waals surface area contributed by atoms with Crippen LogP contribution in [0.5, 0.6) is 0 Å². The molecule has 3 aliphatic heterocycles. The number of nitrogens with zero attached hydrogens (tertiary/aromatic N) is 1. The molecule has 3 rings (SSSR count). The minimum atomic E-state index is -0.566. The van der Waals surface area contributed by atoms with Crippen molar-refractivity contribution in [1.82, 2.24) is 15.5 Å². The molecule has 0 aliphatic carbocycles. The third-order valence-electron chi connectivity index (χ3n) is 6.07. The number of amides is 3. The molecule has 3 fully saturated rings. The molecular weight excluding hydrogens is 446 g/mol. The van der Waals surface area contributed by atoms with Crippen LogP contribution in [0.4, 0.5) is 0 Å². The van der Waals surface area contributed by atoms with Gasteiger partial charge in [-0.25, -0.2) is 0 Å². The van der Waals surface area contributed by atoms with E-state index in [4.69, 9.17) is 5.11 Å². The fourth-order valence-electron chi connectivity index (χ4n) is 5.07. The van der Waals surface area contributed by atoms with Gasteiger partial charge in [0.2, 0.25) is 17.7 Å². The Morgan fingerprint density at radius 3 is 2.64 bits per heavy atom. The number of halogens is 1. The van der Waals surface area contributed by atoms with Crippen molar-refractivity contribution in [1.29, 1.82) is 0 Å². The highest BCUT2D eigenvalue weighted by molar-refractivity contribution is 9.09. The lowest BCUT2D eigenvalue weighted by Crippen LogP contribution is -2.55. The first-order valence-electron chi connectivity index (χ1n) is 10.0. The minimum absolute atomic E-state index is 0.000195. The van der Waals surface area contributed by atoms with Gasteiger partial charge in [0, 0.05) is 36.3 Å². The highest BCUT2D eigenvalue weighted by Crippen LogP contribution is 2.67. The lowest BCUT2D eigenvalue weighted by atomic mass is 9.70. The predicted molar refractivity (Wildman–Crippen MR) is 112 cm³/mol. The van der Waals surface area contributed by atoms with Crippen molar-refractivity contribution in [3.63, 3.8) is 0 Å². The monoisotopic (exact) mass is 475 g/mol. The number of carbonyl (C=O) groups excluding carboxylic acids is 3. The molecule has 2 bridgehead atoms. The Hall–Kier alpha value is -0.800. The van der Waals surface area contributed by atoms with Crippen molar-refractivity contribution >= 4 is 45.4 Å². The Balaban J connectivity index is 1.94. The number of unbranched alkanes of at least 4 members (excludes halogenated alkanes) is 2. The first kappa shape index (κ1) is 21.9. The SMILES string of the molecule is CNC(=O)[C@H]1[C@@H]2SC3(CC2Br)C(C(=O)NC(C)C)N(CCCCCO)C(=O)[C@H]13.